The summed E-state index contributed by atoms with van der Waals surface area (Å²) in [6, 6.07) is 2.46. The minimum absolute atomic E-state index is 0.0638. The van der Waals surface area contributed by atoms with E-state index in [0.717, 1.165) is 49.0 Å². The lowest BCUT2D eigenvalue weighted by Gasteiger charge is -2.46. The maximum Gasteiger partial charge on any atom is 0.105 e. The predicted molar refractivity (Wildman–Crippen MR) is 107 cm³/mol. The van der Waals surface area contributed by atoms with Crippen molar-refractivity contribution in [1.29, 1.82) is 0 Å². The van der Waals surface area contributed by atoms with Gasteiger partial charge in [-0.05, 0) is 37.8 Å². The molecular formula is C19H27ClN4O3S. The van der Waals surface area contributed by atoms with Gasteiger partial charge in [0.15, 0.2) is 0 Å². The SMILES string of the molecule is C[C@H]1C[C@@]2(CCN1Cc1cn(CC(CO)CO)nn1)OCCc1cc(Cl)sc12. The summed E-state index contributed by atoms with van der Waals surface area (Å²) in [6.45, 7) is 5.01. The Morgan fingerprint density at radius 3 is 3.00 bits per heavy atom. The topological polar surface area (TPSA) is 83.6 Å². The van der Waals surface area contributed by atoms with Crippen molar-refractivity contribution in [3.05, 3.63) is 32.7 Å². The fourth-order valence-electron chi connectivity index (χ4n) is 4.36. The number of hydrogen-bond acceptors (Lipinski definition) is 7. The molecule has 4 heterocycles. The van der Waals surface area contributed by atoms with Crippen molar-refractivity contribution in [3.63, 3.8) is 0 Å². The Morgan fingerprint density at radius 1 is 1.43 bits per heavy atom. The highest BCUT2D eigenvalue weighted by Gasteiger charge is 2.44. The molecule has 0 aliphatic carbocycles. The normalized spacial score (nSPS) is 25.5. The van der Waals surface area contributed by atoms with Gasteiger partial charge >= 0.3 is 0 Å². The van der Waals surface area contributed by atoms with Crippen molar-refractivity contribution < 1.29 is 14.9 Å². The van der Waals surface area contributed by atoms with E-state index in [1.165, 1.54) is 10.4 Å². The third kappa shape index (κ3) is 3.99. The Labute approximate surface area is 173 Å². The van der Waals surface area contributed by atoms with Crippen LogP contribution in [-0.4, -0.2) is 62.5 Å². The molecule has 1 fully saturated rings. The summed E-state index contributed by atoms with van der Waals surface area (Å²) < 4.78 is 8.89. The molecule has 0 amide bonds. The van der Waals surface area contributed by atoms with Crippen LogP contribution in [0.25, 0.3) is 0 Å². The van der Waals surface area contributed by atoms with E-state index < -0.39 is 0 Å². The van der Waals surface area contributed by atoms with Crippen LogP contribution in [0.1, 0.15) is 35.9 Å². The van der Waals surface area contributed by atoms with E-state index in [1.807, 2.05) is 6.20 Å². The van der Waals surface area contributed by atoms with Gasteiger partial charge in [-0.3, -0.25) is 9.58 Å². The number of aliphatic hydroxyl groups is 2. The van der Waals surface area contributed by atoms with Crippen LogP contribution in [0.15, 0.2) is 12.3 Å². The molecule has 1 spiro atoms. The van der Waals surface area contributed by atoms with Gasteiger partial charge in [-0.15, -0.1) is 16.4 Å². The lowest BCUT2D eigenvalue weighted by molar-refractivity contribution is -0.110. The van der Waals surface area contributed by atoms with Gasteiger partial charge in [0, 0.05) is 55.9 Å². The Hall–Kier alpha value is -1.03. The van der Waals surface area contributed by atoms with E-state index >= 15 is 0 Å². The zero-order valence-corrected chi connectivity index (χ0v) is 17.6. The Kier molecular flexibility index (Phi) is 6.06. The first-order chi connectivity index (χ1) is 13.5. The number of halogens is 1. The molecule has 2 atom stereocenters. The lowest BCUT2D eigenvalue weighted by Crippen LogP contribution is -2.50. The number of ether oxygens (including phenoxy) is 1. The maximum atomic E-state index is 9.23. The predicted octanol–water partition coefficient (Wildman–Crippen LogP) is 2.05. The second-order valence-corrected chi connectivity index (χ2v) is 9.62. The molecule has 9 heteroatoms. The molecule has 0 aromatic carbocycles. The van der Waals surface area contributed by atoms with E-state index in [1.54, 1.807) is 16.0 Å². The molecule has 2 aromatic heterocycles. The van der Waals surface area contributed by atoms with Gasteiger partial charge in [0.05, 0.1) is 16.6 Å². The maximum absolute atomic E-state index is 9.23. The number of aromatic nitrogens is 3. The number of fused-ring (bicyclic) bond motifs is 2. The minimum Gasteiger partial charge on any atom is -0.396 e. The highest BCUT2D eigenvalue weighted by molar-refractivity contribution is 7.16. The molecule has 2 aromatic rings. The second kappa shape index (κ2) is 8.38. The summed E-state index contributed by atoms with van der Waals surface area (Å²) in [5.41, 5.74) is 2.06. The molecular weight excluding hydrogens is 400 g/mol. The Bertz CT molecular complexity index is 809. The van der Waals surface area contributed by atoms with Crippen molar-refractivity contribution >= 4 is 22.9 Å². The van der Waals surface area contributed by atoms with E-state index in [9.17, 15) is 10.2 Å². The highest BCUT2D eigenvalue weighted by atomic mass is 35.5. The molecule has 28 heavy (non-hydrogen) atoms. The van der Waals surface area contributed by atoms with E-state index in [0.29, 0.717) is 12.6 Å². The summed E-state index contributed by atoms with van der Waals surface area (Å²) in [4.78, 5) is 3.74. The van der Waals surface area contributed by atoms with Crippen LogP contribution in [-0.2, 0) is 29.8 Å². The molecule has 154 valence electrons. The summed E-state index contributed by atoms with van der Waals surface area (Å²) >= 11 is 7.96. The monoisotopic (exact) mass is 426 g/mol. The minimum atomic E-state index is -0.210. The average molecular weight is 427 g/mol. The smallest absolute Gasteiger partial charge is 0.105 e. The molecule has 0 radical (unpaired) electrons. The van der Waals surface area contributed by atoms with Crippen molar-refractivity contribution in [2.24, 2.45) is 5.92 Å². The van der Waals surface area contributed by atoms with Gasteiger partial charge in [-0.2, -0.15) is 0 Å². The molecule has 0 bridgehead atoms. The standard InChI is InChI=1S/C19H27ClN4O3S/c1-13-7-19(18-15(2-5-27-19)6-17(20)28-18)3-4-23(13)9-16-10-24(22-21-16)8-14(11-25)12-26/h6,10,13-14,25-26H,2-5,7-9,11-12H2,1H3/t13-,19+/m0/s1. The van der Waals surface area contributed by atoms with Crippen LogP contribution >= 0.6 is 22.9 Å². The quantitative estimate of drug-likeness (QED) is 0.735. The molecule has 7 nitrogen and oxygen atoms in total. The van der Waals surface area contributed by atoms with Crippen LogP contribution in [0.3, 0.4) is 0 Å². The van der Waals surface area contributed by atoms with Crippen molar-refractivity contribution in [2.45, 2.75) is 50.9 Å². The molecule has 2 N–H and O–H groups in total. The number of thiophene rings is 1. The second-order valence-electron chi connectivity index (χ2n) is 7.93. The number of rotatable bonds is 6. The first-order valence-electron chi connectivity index (χ1n) is 9.80. The van der Waals surface area contributed by atoms with Crippen LogP contribution in [0.4, 0.5) is 0 Å². The van der Waals surface area contributed by atoms with E-state index in [2.05, 4.69) is 28.2 Å². The molecule has 1 saturated heterocycles. The highest BCUT2D eigenvalue weighted by Crippen LogP contribution is 2.48. The molecule has 4 rings (SSSR count). The number of likely N-dealkylation sites (tertiary alicyclic amines) is 1. The van der Waals surface area contributed by atoms with E-state index in [4.69, 9.17) is 16.3 Å². The van der Waals surface area contributed by atoms with Crippen molar-refractivity contribution in [3.8, 4) is 0 Å². The third-order valence-electron chi connectivity index (χ3n) is 5.91. The number of piperidine rings is 1. The van der Waals surface area contributed by atoms with Crippen molar-refractivity contribution in [2.75, 3.05) is 26.4 Å². The zero-order valence-electron chi connectivity index (χ0n) is 16.1. The van der Waals surface area contributed by atoms with Crippen molar-refractivity contribution in [1.82, 2.24) is 19.9 Å². The Morgan fingerprint density at radius 2 is 2.25 bits per heavy atom. The zero-order chi connectivity index (χ0) is 19.7. The molecule has 0 saturated carbocycles. The first-order valence-corrected chi connectivity index (χ1v) is 11.0. The number of aliphatic hydroxyl groups excluding tert-OH is 2. The van der Waals surface area contributed by atoms with Gasteiger partial charge in [0.25, 0.3) is 0 Å². The van der Waals surface area contributed by atoms with Gasteiger partial charge < -0.3 is 14.9 Å². The largest absolute Gasteiger partial charge is 0.396 e. The lowest BCUT2D eigenvalue weighted by atomic mass is 9.82. The fraction of sp³-hybridized carbons (Fsp3) is 0.684. The molecule has 2 aliphatic heterocycles. The molecule has 0 unspecified atom stereocenters. The molecule has 2 aliphatic rings. The van der Waals surface area contributed by atoms with Crippen LogP contribution in [0.5, 0.6) is 0 Å². The summed E-state index contributed by atoms with van der Waals surface area (Å²) in [5.74, 6) is -0.210. The fourth-order valence-corrected chi connectivity index (χ4v) is 5.84. The summed E-state index contributed by atoms with van der Waals surface area (Å²) in [6.07, 6.45) is 4.75. The first kappa shape index (κ1) is 20.3. The van der Waals surface area contributed by atoms with Crippen LogP contribution in [0.2, 0.25) is 4.34 Å². The van der Waals surface area contributed by atoms with Gasteiger partial charge in [-0.1, -0.05) is 16.8 Å². The van der Waals surface area contributed by atoms with Crippen LogP contribution in [0, 0.1) is 5.92 Å². The third-order valence-corrected chi connectivity index (χ3v) is 7.40. The van der Waals surface area contributed by atoms with Crippen LogP contribution < -0.4 is 0 Å². The Balaban J connectivity index is 1.41. The van der Waals surface area contributed by atoms with E-state index in [-0.39, 0.29) is 24.7 Å². The number of hydrogen-bond donors (Lipinski definition) is 2. The average Bonchev–Trinajstić information content (AvgIpc) is 3.28. The number of nitrogens with zero attached hydrogens (tertiary/aromatic N) is 4. The summed E-state index contributed by atoms with van der Waals surface area (Å²) in [7, 11) is 0. The summed E-state index contributed by atoms with van der Waals surface area (Å²) in [5, 5.41) is 26.9. The van der Waals surface area contributed by atoms with Gasteiger partial charge in [-0.25, -0.2) is 0 Å². The van der Waals surface area contributed by atoms with Gasteiger partial charge in [0.2, 0.25) is 0 Å². The van der Waals surface area contributed by atoms with Gasteiger partial charge in [0.1, 0.15) is 5.60 Å².